The van der Waals surface area contributed by atoms with Crippen LogP contribution in [0.4, 0.5) is 11.4 Å². The molecule has 126 valence electrons. The highest BCUT2D eigenvalue weighted by Gasteiger charge is 2.30. The molecule has 1 amide bonds. The van der Waals surface area contributed by atoms with Gasteiger partial charge in [0.1, 0.15) is 11.4 Å². The van der Waals surface area contributed by atoms with Gasteiger partial charge in [-0.1, -0.05) is 25.7 Å². The van der Waals surface area contributed by atoms with E-state index in [-0.39, 0.29) is 16.8 Å². The molecule has 1 aliphatic heterocycles. The summed E-state index contributed by atoms with van der Waals surface area (Å²) in [4.78, 5) is 39.1. The third-order valence-electron chi connectivity index (χ3n) is 5.13. The Balaban J connectivity index is 1.69. The van der Waals surface area contributed by atoms with Crippen LogP contribution < -0.4 is 21.1 Å². The molecule has 0 radical (unpaired) electrons. The first kappa shape index (κ1) is 16.0. The first-order valence-corrected chi connectivity index (χ1v) is 8.68. The zero-order valence-corrected chi connectivity index (χ0v) is 13.8. The van der Waals surface area contributed by atoms with E-state index < -0.39 is 0 Å². The number of nitrogens with one attached hydrogen (secondary N) is 1. The Bertz CT molecular complexity index is 632. The van der Waals surface area contributed by atoms with Crippen LogP contribution in [0.15, 0.2) is 9.59 Å². The smallest absolute Gasteiger partial charge is 0.253 e. The first-order valence-electron chi connectivity index (χ1n) is 8.68. The van der Waals surface area contributed by atoms with Crippen LogP contribution in [0.5, 0.6) is 0 Å². The number of piperazine rings is 1. The quantitative estimate of drug-likeness (QED) is 0.667. The Morgan fingerprint density at radius 2 is 1.57 bits per heavy atom. The van der Waals surface area contributed by atoms with Crippen LogP contribution in [0.2, 0.25) is 0 Å². The number of amides is 1. The molecule has 6 heteroatoms. The normalized spacial score (nSPS) is 20.6. The number of carbonyl (C=O) groups is 1. The number of hydrogen-bond acceptors (Lipinski definition) is 5. The summed E-state index contributed by atoms with van der Waals surface area (Å²) in [5.74, 6) is 0.0615. The number of nitrogens with zero attached hydrogens (tertiary/aromatic N) is 2. The van der Waals surface area contributed by atoms with Crippen molar-refractivity contribution in [3.8, 4) is 0 Å². The molecule has 3 rings (SSSR count). The monoisotopic (exact) mass is 319 g/mol. The van der Waals surface area contributed by atoms with E-state index in [0.29, 0.717) is 43.6 Å². The summed E-state index contributed by atoms with van der Waals surface area (Å²) in [6, 6.07) is 0.304. The lowest BCUT2D eigenvalue weighted by Gasteiger charge is -2.37. The number of rotatable bonds is 3. The molecule has 1 saturated heterocycles. The van der Waals surface area contributed by atoms with Gasteiger partial charge in [0, 0.05) is 39.1 Å². The minimum atomic E-state index is -0.377. The second-order valence-corrected chi connectivity index (χ2v) is 6.71. The van der Waals surface area contributed by atoms with Crippen LogP contribution in [0, 0.1) is 0 Å². The predicted molar refractivity (Wildman–Crippen MR) is 90.9 cm³/mol. The Kier molecular flexibility index (Phi) is 4.68. The van der Waals surface area contributed by atoms with Crippen molar-refractivity contribution in [3.63, 3.8) is 0 Å². The zero-order chi connectivity index (χ0) is 16.4. The van der Waals surface area contributed by atoms with Gasteiger partial charge in [0.15, 0.2) is 0 Å². The van der Waals surface area contributed by atoms with E-state index in [1.54, 1.807) is 11.8 Å². The second kappa shape index (κ2) is 6.72. The highest BCUT2D eigenvalue weighted by molar-refractivity contribution is 5.77. The van der Waals surface area contributed by atoms with E-state index in [9.17, 15) is 14.4 Å². The maximum atomic E-state index is 12.0. The van der Waals surface area contributed by atoms with E-state index in [1.165, 1.54) is 25.7 Å². The van der Waals surface area contributed by atoms with Gasteiger partial charge >= 0.3 is 0 Å². The fraction of sp³-hybridized carbons (Fsp3) is 0.706. The predicted octanol–water partition coefficient (Wildman–Crippen LogP) is 1.09. The Morgan fingerprint density at radius 1 is 0.957 bits per heavy atom. The van der Waals surface area contributed by atoms with Crippen LogP contribution in [-0.4, -0.2) is 43.0 Å². The average molecular weight is 319 g/mol. The van der Waals surface area contributed by atoms with Crippen molar-refractivity contribution in [2.45, 2.75) is 51.5 Å². The van der Waals surface area contributed by atoms with Gasteiger partial charge in [-0.3, -0.25) is 14.4 Å². The van der Waals surface area contributed by atoms with Gasteiger partial charge in [-0.2, -0.15) is 0 Å². The first-order chi connectivity index (χ1) is 11.1. The SMILES string of the molecule is CC(=O)N1CCN(c2c(NC3CCCCCC3)c(=O)c2=O)CC1. The lowest BCUT2D eigenvalue weighted by atomic mass is 10.1. The summed E-state index contributed by atoms with van der Waals surface area (Å²) in [5, 5.41) is 3.34. The van der Waals surface area contributed by atoms with Gasteiger partial charge < -0.3 is 15.1 Å². The van der Waals surface area contributed by atoms with Crippen molar-refractivity contribution < 1.29 is 4.79 Å². The Labute approximate surface area is 136 Å². The molecule has 0 unspecified atom stereocenters. The lowest BCUT2D eigenvalue weighted by molar-refractivity contribution is -0.129. The van der Waals surface area contributed by atoms with Gasteiger partial charge in [-0.15, -0.1) is 0 Å². The highest BCUT2D eigenvalue weighted by Crippen LogP contribution is 2.26. The second-order valence-electron chi connectivity index (χ2n) is 6.71. The van der Waals surface area contributed by atoms with Crippen molar-refractivity contribution in [2.75, 3.05) is 36.4 Å². The molecule has 1 heterocycles. The summed E-state index contributed by atoms with van der Waals surface area (Å²) in [7, 11) is 0. The molecule has 1 N–H and O–H groups in total. The molecule has 2 fully saturated rings. The molecule has 0 atom stereocenters. The average Bonchev–Trinajstić information content (AvgIpc) is 2.83. The molecule has 2 aliphatic rings. The van der Waals surface area contributed by atoms with Gasteiger partial charge in [-0.25, -0.2) is 0 Å². The molecule has 1 aromatic rings. The van der Waals surface area contributed by atoms with Crippen molar-refractivity contribution in [2.24, 2.45) is 0 Å². The maximum Gasteiger partial charge on any atom is 0.253 e. The van der Waals surface area contributed by atoms with E-state index in [0.717, 1.165) is 12.8 Å². The van der Waals surface area contributed by atoms with E-state index in [2.05, 4.69) is 5.32 Å². The maximum absolute atomic E-state index is 12.0. The fourth-order valence-electron chi connectivity index (χ4n) is 3.69. The van der Waals surface area contributed by atoms with Gasteiger partial charge in [-0.05, 0) is 12.8 Å². The summed E-state index contributed by atoms with van der Waals surface area (Å²) in [6.07, 6.45) is 7.00. The number of carbonyl (C=O) groups excluding carboxylic acids is 1. The molecule has 0 spiro atoms. The number of hydrogen-bond donors (Lipinski definition) is 1. The summed E-state index contributed by atoms with van der Waals surface area (Å²) >= 11 is 0. The van der Waals surface area contributed by atoms with E-state index in [1.807, 2.05) is 4.90 Å². The van der Waals surface area contributed by atoms with Crippen LogP contribution >= 0.6 is 0 Å². The van der Waals surface area contributed by atoms with Crippen LogP contribution in [0.3, 0.4) is 0 Å². The van der Waals surface area contributed by atoms with E-state index >= 15 is 0 Å². The highest BCUT2D eigenvalue weighted by atomic mass is 16.2. The van der Waals surface area contributed by atoms with Crippen LogP contribution in [-0.2, 0) is 4.79 Å². The molecule has 6 nitrogen and oxygen atoms in total. The minimum Gasteiger partial charge on any atom is -0.377 e. The van der Waals surface area contributed by atoms with Gasteiger partial charge in [0.05, 0.1) is 0 Å². The molecule has 23 heavy (non-hydrogen) atoms. The lowest BCUT2D eigenvalue weighted by Crippen LogP contribution is -2.52. The molecule has 0 bridgehead atoms. The Hall–Kier alpha value is -1.85. The van der Waals surface area contributed by atoms with E-state index in [4.69, 9.17) is 0 Å². The summed E-state index contributed by atoms with van der Waals surface area (Å²) in [6.45, 7) is 4.01. The summed E-state index contributed by atoms with van der Waals surface area (Å²) < 4.78 is 0. The van der Waals surface area contributed by atoms with Crippen molar-refractivity contribution >= 4 is 17.3 Å². The summed E-state index contributed by atoms with van der Waals surface area (Å²) in [5.41, 5.74) is 0.302. The van der Waals surface area contributed by atoms with Crippen LogP contribution in [0.25, 0.3) is 0 Å². The molecule has 1 saturated carbocycles. The molecule has 1 aromatic carbocycles. The minimum absolute atomic E-state index is 0.0615. The standard InChI is InChI=1S/C17H25N3O3/c1-12(21)19-8-10-20(11-9-19)15-14(16(22)17(15)23)18-13-6-4-2-3-5-7-13/h13,18H,2-11H2,1H3. The van der Waals surface area contributed by atoms with Crippen molar-refractivity contribution in [1.29, 1.82) is 0 Å². The number of anilines is 2. The topological polar surface area (TPSA) is 69.7 Å². The Morgan fingerprint density at radius 3 is 2.13 bits per heavy atom. The third kappa shape index (κ3) is 3.26. The third-order valence-corrected chi connectivity index (χ3v) is 5.13. The molecule has 0 aromatic heterocycles. The molecular weight excluding hydrogens is 294 g/mol. The van der Waals surface area contributed by atoms with Crippen molar-refractivity contribution in [1.82, 2.24) is 4.90 Å². The molecular formula is C17H25N3O3. The molecule has 1 aliphatic carbocycles. The largest absolute Gasteiger partial charge is 0.377 e. The van der Waals surface area contributed by atoms with Gasteiger partial charge in [0.2, 0.25) is 5.91 Å². The van der Waals surface area contributed by atoms with Gasteiger partial charge in [0.25, 0.3) is 10.9 Å². The fourth-order valence-corrected chi connectivity index (χ4v) is 3.69. The zero-order valence-electron chi connectivity index (χ0n) is 13.8. The van der Waals surface area contributed by atoms with Crippen molar-refractivity contribution in [3.05, 3.63) is 20.4 Å². The van der Waals surface area contributed by atoms with Crippen LogP contribution in [0.1, 0.15) is 45.4 Å².